The summed E-state index contributed by atoms with van der Waals surface area (Å²) in [5.41, 5.74) is 0.677. The van der Waals surface area contributed by atoms with Crippen LogP contribution in [-0.4, -0.2) is 37.1 Å². The summed E-state index contributed by atoms with van der Waals surface area (Å²) in [6.07, 6.45) is 12.1. The van der Waals surface area contributed by atoms with Crippen LogP contribution in [-0.2, 0) is 0 Å². The third-order valence-corrected chi connectivity index (χ3v) is 4.38. The maximum atomic E-state index is 5.33. The maximum absolute atomic E-state index is 5.33. The molecule has 1 saturated carbocycles. The van der Waals surface area contributed by atoms with Crippen molar-refractivity contribution in [1.82, 2.24) is 10.2 Å². The molecule has 0 aromatic carbocycles. The van der Waals surface area contributed by atoms with Gasteiger partial charge in [0, 0.05) is 25.7 Å². The normalized spacial score (nSPS) is 25.2. The first kappa shape index (κ1) is 12.0. The van der Waals surface area contributed by atoms with Crippen molar-refractivity contribution in [2.45, 2.75) is 45.1 Å². The van der Waals surface area contributed by atoms with E-state index in [1.807, 2.05) is 0 Å². The quantitative estimate of drug-likeness (QED) is 0.712. The van der Waals surface area contributed by atoms with Crippen LogP contribution in [0.2, 0.25) is 0 Å². The summed E-state index contributed by atoms with van der Waals surface area (Å²) in [5, 5.41) is 3.76. The number of rotatable bonds is 5. The molecule has 0 amide bonds. The van der Waals surface area contributed by atoms with E-state index in [0.29, 0.717) is 5.41 Å². The van der Waals surface area contributed by atoms with E-state index >= 15 is 0 Å². The van der Waals surface area contributed by atoms with E-state index in [1.54, 1.807) is 0 Å². The van der Waals surface area contributed by atoms with E-state index in [1.165, 1.54) is 51.7 Å². The molecule has 0 aromatic rings. The number of nitrogens with zero attached hydrogens (tertiary/aromatic N) is 1. The van der Waals surface area contributed by atoms with E-state index in [-0.39, 0.29) is 0 Å². The van der Waals surface area contributed by atoms with Crippen molar-refractivity contribution < 1.29 is 0 Å². The monoisotopic (exact) mass is 220 g/mol. The third-order valence-electron chi connectivity index (χ3n) is 4.38. The molecule has 1 saturated heterocycles. The summed E-state index contributed by atoms with van der Waals surface area (Å²) in [4.78, 5) is 2.38. The molecule has 2 rings (SSSR count). The fourth-order valence-electron chi connectivity index (χ4n) is 2.62. The molecule has 0 atom stereocenters. The van der Waals surface area contributed by atoms with Gasteiger partial charge in [-0.2, -0.15) is 0 Å². The molecule has 2 aliphatic rings. The Hall–Kier alpha value is -0.520. The Kier molecular flexibility index (Phi) is 3.89. The molecule has 1 N–H and O–H groups in total. The second kappa shape index (κ2) is 5.21. The van der Waals surface area contributed by atoms with Gasteiger partial charge in [-0.3, -0.25) is 4.90 Å². The lowest BCUT2D eigenvalue weighted by atomic mass is 10.0. The summed E-state index contributed by atoms with van der Waals surface area (Å²) in [5.74, 6) is 2.73. The van der Waals surface area contributed by atoms with Crippen LogP contribution in [0, 0.1) is 17.8 Å². The molecule has 0 bridgehead atoms. The standard InChI is InChI=1S/C14H24N2/c1-3-9-16-10-5-13(6-11-16)15-12-14(4-2)7-8-14/h1,13,15H,4-12H2,2H3. The first-order valence-electron chi connectivity index (χ1n) is 6.67. The van der Waals surface area contributed by atoms with Crippen LogP contribution < -0.4 is 5.32 Å². The summed E-state index contributed by atoms with van der Waals surface area (Å²) >= 11 is 0. The lowest BCUT2D eigenvalue weighted by molar-refractivity contribution is 0.212. The van der Waals surface area contributed by atoms with Crippen LogP contribution in [0.25, 0.3) is 0 Å². The fourth-order valence-corrected chi connectivity index (χ4v) is 2.62. The zero-order chi connectivity index (χ0) is 11.4. The van der Waals surface area contributed by atoms with Gasteiger partial charge in [0.2, 0.25) is 0 Å². The highest BCUT2D eigenvalue weighted by Crippen LogP contribution is 2.48. The van der Waals surface area contributed by atoms with E-state index < -0.39 is 0 Å². The molecule has 1 aliphatic heterocycles. The number of piperidine rings is 1. The summed E-state index contributed by atoms with van der Waals surface area (Å²) < 4.78 is 0. The van der Waals surface area contributed by atoms with Crippen molar-refractivity contribution in [3.63, 3.8) is 0 Å². The van der Waals surface area contributed by atoms with Gasteiger partial charge in [0.05, 0.1) is 6.54 Å². The van der Waals surface area contributed by atoms with E-state index in [9.17, 15) is 0 Å². The van der Waals surface area contributed by atoms with Crippen molar-refractivity contribution in [2.75, 3.05) is 26.2 Å². The molecule has 0 aromatic heterocycles. The van der Waals surface area contributed by atoms with Crippen molar-refractivity contribution in [3.8, 4) is 12.3 Å². The van der Waals surface area contributed by atoms with Crippen molar-refractivity contribution in [1.29, 1.82) is 0 Å². The lowest BCUT2D eigenvalue weighted by Gasteiger charge is -2.32. The number of nitrogens with one attached hydrogen (secondary N) is 1. The fraction of sp³-hybridized carbons (Fsp3) is 0.857. The highest BCUT2D eigenvalue weighted by atomic mass is 15.1. The van der Waals surface area contributed by atoms with Gasteiger partial charge in [-0.05, 0) is 37.5 Å². The Morgan fingerprint density at radius 3 is 2.56 bits per heavy atom. The second-order valence-electron chi connectivity index (χ2n) is 5.49. The zero-order valence-electron chi connectivity index (χ0n) is 10.5. The molecular weight excluding hydrogens is 196 g/mol. The zero-order valence-corrected chi connectivity index (χ0v) is 10.5. The summed E-state index contributed by atoms with van der Waals surface area (Å²) in [6.45, 7) is 6.72. The molecule has 2 fully saturated rings. The SMILES string of the molecule is C#CCN1CCC(NCC2(CC)CC2)CC1. The molecule has 1 heterocycles. The Labute approximate surface area is 99.8 Å². The highest BCUT2D eigenvalue weighted by molar-refractivity contribution is 4.95. The number of likely N-dealkylation sites (tertiary alicyclic amines) is 1. The van der Waals surface area contributed by atoms with Crippen LogP contribution >= 0.6 is 0 Å². The Morgan fingerprint density at radius 2 is 2.06 bits per heavy atom. The van der Waals surface area contributed by atoms with Crippen molar-refractivity contribution in [3.05, 3.63) is 0 Å². The number of terminal acetylenes is 1. The molecule has 2 heteroatoms. The molecule has 90 valence electrons. The smallest absolute Gasteiger partial charge is 0.0598 e. The highest BCUT2D eigenvalue weighted by Gasteiger charge is 2.40. The first-order chi connectivity index (χ1) is 7.78. The van der Waals surface area contributed by atoms with Gasteiger partial charge < -0.3 is 5.32 Å². The minimum absolute atomic E-state index is 0.677. The van der Waals surface area contributed by atoms with Crippen LogP contribution in [0.3, 0.4) is 0 Å². The minimum Gasteiger partial charge on any atom is -0.313 e. The topological polar surface area (TPSA) is 15.3 Å². The predicted octanol–water partition coefficient (Wildman–Crippen LogP) is 1.86. The van der Waals surface area contributed by atoms with Crippen LogP contribution in [0.4, 0.5) is 0 Å². The maximum Gasteiger partial charge on any atom is 0.0598 e. The largest absolute Gasteiger partial charge is 0.313 e. The molecule has 16 heavy (non-hydrogen) atoms. The van der Waals surface area contributed by atoms with Gasteiger partial charge in [0.25, 0.3) is 0 Å². The average Bonchev–Trinajstić information content (AvgIpc) is 3.09. The Balaban J connectivity index is 1.64. The molecule has 0 radical (unpaired) electrons. The van der Waals surface area contributed by atoms with Crippen LogP contribution in [0.5, 0.6) is 0 Å². The lowest BCUT2D eigenvalue weighted by Crippen LogP contribution is -2.44. The second-order valence-corrected chi connectivity index (χ2v) is 5.49. The van der Waals surface area contributed by atoms with Gasteiger partial charge in [0.1, 0.15) is 0 Å². The van der Waals surface area contributed by atoms with Crippen LogP contribution in [0.1, 0.15) is 39.0 Å². The minimum atomic E-state index is 0.677. The number of hydrogen-bond acceptors (Lipinski definition) is 2. The summed E-state index contributed by atoms with van der Waals surface area (Å²) in [6, 6.07) is 0.734. The molecule has 0 spiro atoms. The Bertz CT molecular complexity index is 254. The molecule has 2 nitrogen and oxygen atoms in total. The van der Waals surface area contributed by atoms with Gasteiger partial charge >= 0.3 is 0 Å². The molecule has 1 aliphatic carbocycles. The first-order valence-corrected chi connectivity index (χ1v) is 6.67. The van der Waals surface area contributed by atoms with E-state index in [2.05, 4.69) is 23.1 Å². The van der Waals surface area contributed by atoms with E-state index in [4.69, 9.17) is 6.42 Å². The number of hydrogen-bond donors (Lipinski definition) is 1. The van der Waals surface area contributed by atoms with Gasteiger partial charge in [-0.25, -0.2) is 0 Å². The van der Waals surface area contributed by atoms with Gasteiger partial charge in [0.15, 0.2) is 0 Å². The summed E-state index contributed by atoms with van der Waals surface area (Å²) in [7, 11) is 0. The van der Waals surface area contributed by atoms with Gasteiger partial charge in [-0.15, -0.1) is 6.42 Å². The van der Waals surface area contributed by atoms with Crippen molar-refractivity contribution in [2.24, 2.45) is 5.41 Å². The van der Waals surface area contributed by atoms with Gasteiger partial charge in [-0.1, -0.05) is 12.8 Å². The predicted molar refractivity (Wildman–Crippen MR) is 68.3 cm³/mol. The molecule has 0 unspecified atom stereocenters. The van der Waals surface area contributed by atoms with E-state index in [0.717, 1.165) is 12.6 Å². The average molecular weight is 220 g/mol. The Morgan fingerprint density at radius 1 is 1.38 bits per heavy atom. The third kappa shape index (κ3) is 2.99. The van der Waals surface area contributed by atoms with Crippen molar-refractivity contribution >= 4 is 0 Å². The van der Waals surface area contributed by atoms with Crippen LogP contribution in [0.15, 0.2) is 0 Å². The molecular formula is C14H24N2.